The number of oxime groups is 1. The lowest BCUT2D eigenvalue weighted by molar-refractivity contribution is 0.322. The van der Waals surface area contributed by atoms with Gasteiger partial charge in [0.2, 0.25) is 0 Å². The Hall–Kier alpha value is -0.960. The summed E-state index contributed by atoms with van der Waals surface area (Å²) in [6, 6.07) is 7.95. The maximum atomic E-state index is 8.48. The summed E-state index contributed by atoms with van der Waals surface area (Å²) in [7, 11) is 0. The quantitative estimate of drug-likeness (QED) is 0.265. The largest absolute Gasteiger partial charge is 0.411 e. The van der Waals surface area contributed by atoms with Gasteiger partial charge in [-0.15, -0.1) is 11.8 Å². The van der Waals surface area contributed by atoms with Crippen LogP contribution in [0, 0.1) is 0 Å². The zero-order chi connectivity index (χ0) is 10.2. The smallest absolute Gasteiger partial charge is 0.0745 e. The number of hydrogen-bond donors (Lipinski definition) is 1. The summed E-state index contributed by atoms with van der Waals surface area (Å²) >= 11 is 1.81. The Morgan fingerprint density at radius 3 is 2.93 bits per heavy atom. The Morgan fingerprint density at radius 1 is 1.43 bits per heavy atom. The Kier molecular flexibility index (Phi) is 5.15. The van der Waals surface area contributed by atoms with Crippen LogP contribution in [-0.2, 0) is 0 Å². The first kappa shape index (κ1) is 11.1. The molecule has 0 bridgehead atoms. The van der Waals surface area contributed by atoms with E-state index in [1.165, 1.54) is 24.0 Å². The monoisotopic (exact) mass is 209 g/mol. The van der Waals surface area contributed by atoms with Crippen molar-refractivity contribution in [3.05, 3.63) is 29.8 Å². The summed E-state index contributed by atoms with van der Waals surface area (Å²) in [4.78, 5) is 1.18. The predicted molar refractivity (Wildman–Crippen MR) is 61.5 cm³/mol. The molecule has 1 aromatic rings. The molecular formula is C11H15NOS. The van der Waals surface area contributed by atoms with Crippen LogP contribution in [0.2, 0.25) is 0 Å². The van der Waals surface area contributed by atoms with Crippen molar-refractivity contribution in [3.63, 3.8) is 0 Å². The molecule has 0 saturated heterocycles. The minimum absolute atomic E-state index is 0.983. The highest BCUT2D eigenvalue weighted by atomic mass is 32.2. The summed E-state index contributed by atoms with van der Waals surface area (Å²) < 4.78 is 0. The summed E-state index contributed by atoms with van der Waals surface area (Å²) in [6.45, 7) is 2.18. The molecule has 1 N–H and O–H groups in total. The Morgan fingerprint density at radius 2 is 2.21 bits per heavy atom. The lowest BCUT2D eigenvalue weighted by Crippen LogP contribution is -1.86. The molecule has 14 heavy (non-hydrogen) atoms. The fourth-order valence-electron chi connectivity index (χ4n) is 1.11. The molecule has 0 amide bonds. The van der Waals surface area contributed by atoms with Gasteiger partial charge < -0.3 is 5.21 Å². The van der Waals surface area contributed by atoms with E-state index in [4.69, 9.17) is 5.21 Å². The second-order valence-electron chi connectivity index (χ2n) is 2.98. The number of rotatable bonds is 5. The van der Waals surface area contributed by atoms with E-state index in [2.05, 4.69) is 18.1 Å². The van der Waals surface area contributed by atoms with Crippen LogP contribution in [0.15, 0.2) is 34.3 Å². The van der Waals surface area contributed by atoms with Crippen LogP contribution < -0.4 is 0 Å². The first-order chi connectivity index (χ1) is 6.88. The van der Waals surface area contributed by atoms with Crippen molar-refractivity contribution < 1.29 is 5.21 Å². The van der Waals surface area contributed by atoms with Gasteiger partial charge in [-0.1, -0.05) is 36.7 Å². The molecule has 0 unspecified atom stereocenters. The Labute approximate surface area is 89.0 Å². The molecule has 0 aromatic heterocycles. The molecule has 76 valence electrons. The van der Waals surface area contributed by atoms with Gasteiger partial charge in [-0.25, -0.2) is 0 Å². The van der Waals surface area contributed by atoms with Gasteiger partial charge in [-0.3, -0.25) is 0 Å². The van der Waals surface area contributed by atoms with Crippen LogP contribution in [0.4, 0.5) is 0 Å². The molecule has 0 radical (unpaired) electrons. The molecule has 2 nitrogen and oxygen atoms in total. The molecule has 1 rings (SSSR count). The lowest BCUT2D eigenvalue weighted by Gasteiger charge is -2.03. The Bertz CT molecular complexity index is 299. The van der Waals surface area contributed by atoms with Gasteiger partial charge in [0.25, 0.3) is 0 Å². The maximum Gasteiger partial charge on any atom is 0.0745 e. The second kappa shape index (κ2) is 6.49. The highest BCUT2D eigenvalue weighted by molar-refractivity contribution is 7.99. The minimum atomic E-state index is 0.983. The van der Waals surface area contributed by atoms with E-state index in [9.17, 15) is 0 Å². The first-order valence-electron chi connectivity index (χ1n) is 4.77. The molecule has 0 aliphatic heterocycles. The molecular weight excluding hydrogens is 194 g/mol. The predicted octanol–water partition coefficient (Wildman–Crippen LogP) is 3.39. The van der Waals surface area contributed by atoms with E-state index in [0.717, 1.165) is 11.3 Å². The van der Waals surface area contributed by atoms with Crippen LogP contribution in [0.3, 0.4) is 0 Å². The first-order valence-corrected chi connectivity index (χ1v) is 5.76. The molecule has 0 aliphatic rings. The third-order valence-electron chi connectivity index (χ3n) is 1.87. The van der Waals surface area contributed by atoms with Crippen molar-refractivity contribution in [3.8, 4) is 0 Å². The molecule has 0 saturated carbocycles. The van der Waals surface area contributed by atoms with Crippen molar-refractivity contribution in [2.24, 2.45) is 5.16 Å². The van der Waals surface area contributed by atoms with E-state index < -0.39 is 0 Å². The molecule has 0 aliphatic carbocycles. The van der Waals surface area contributed by atoms with Gasteiger partial charge in [0.15, 0.2) is 0 Å². The van der Waals surface area contributed by atoms with Crippen molar-refractivity contribution in [1.82, 2.24) is 0 Å². The number of benzene rings is 1. The van der Waals surface area contributed by atoms with Crippen LogP contribution >= 0.6 is 11.8 Å². The number of hydrogen-bond acceptors (Lipinski definition) is 3. The number of unbranched alkanes of at least 4 members (excludes halogenated alkanes) is 1. The standard InChI is InChI=1S/C11H15NOS/c1-2-3-8-14-11-7-5-4-6-10(11)9-12-13/h4-7,9,13H,2-3,8H2,1H3. The van der Waals surface area contributed by atoms with Crippen LogP contribution in [0.5, 0.6) is 0 Å². The third kappa shape index (κ3) is 3.42. The van der Waals surface area contributed by atoms with E-state index >= 15 is 0 Å². The summed E-state index contributed by atoms with van der Waals surface area (Å²) in [5.41, 5.74) is 0.983. The molecule has 0 spiro atoms. The molecule has 0 atom stereocenters. The molecule has 0 heterocycles. The van der Waals surface area contributed by atoms with Gasteiger partial charge in [-0.2, -0.15) is 0 Å². The summed E-state index contributed by atoms with van der Waals surface area (Å²) in [6.07, 6.45) is 3.91. The maximum absolute atomic E-state index is 8.48. The van der Waals surface area contributed by atoms with E-state index in [-0.39, 0.29) is 0 Å². The van der Waals surface area contributed by atoms with Crippen molar-refractivity contribution >= 4 is 18.0 Å². The van der Waals surface area contributed by atoms with E-state index in [1.807, 2.05) is 30.0 Å². The number of nitrogens with zero attached hydrogens (tertiary/aromatic N) is 1. The minimum Gasteiger partial charge on any atom is -0.411 e. The third-order valence-corrected chi connectivity index (χ3v) is 3.05. The molecule has 3 heteroatoms. The summed E-state index contributed by atoms with van der Waals surface area (Å²) in [5, 5.41) is 11.5. The average molecular weight is 209 g/mol. The van der Waals surface area contributed by atoms with E-state index in [0.29, 0.717) is 0 Å². The normalized spacial score (nSPS) is 10.9. The fraction of sp³-hybridized carbons (Fsp3) is 0.364. The van der Waals surface area contributed by atoms with Gasteiger partial charge in [0.1, 0.15) is 0 Å². The highest BCUT2D eigenvalue weighted by Gasteiger charge is 1.99. The lowest BCUT2D eigenvalue weighted by atomic mass is 10.2. The van der Waals surface area contributed by atoms with Crippen LogP contribution in [0.25, 0.3) is 0 Å². The second-order valence-corrected chi connectivity index (χ2v) is 4.12. The topological polar surface area (TPSA) is 32.6 Å². The van der Waals surface area contributed by atoms with Crippen molar-refractivity contribution in [2.75, 3.05) is 5.75 Å². The zero-order valence-corrected chi connectivity index (χ0v) is 9.13. The average Bonchev–Trinajstić information content (AvgIpc) is 2.21. The van der Waals surface area contributed by atoms with Crippen molar-refractivity contribution in [1.29, 1.82) is 0 Å². The summed E-state index contributed by atoms with van der Waals surface area (Å²) in [5.74, 6) is 1.12. The van der Waals surface area contributed by atoms with Gasteiger partial charge in [0, 0.05) is 10.5 Å². The van der Waals surface area contributed by atoms with Crippen molar-refractivity contribution in [2.45, 2.75) is 24.7 Å². The highest BCUT2D eigenvalue weighted by Crippen LogP contribution is 2.22. The van der Waals surface area contributed by atoms with Gasteiger partial charge >= 0.3 is 0 Å². The van der Waals surface area contributed by atoms with Gasteiger partial charge in [-0.05, 0) is 18.2 Å². The Balaban J connectivity index is 2.64. The van der Waals surface area contributed by atoms with Crippen LogP contribution in [0.1, 0.15) is 25.3 Å². The SMILES string of the molecule is CCCCSc1ccccc1C=NO. The van der Waals surface area contributed by atoms with Crippen LogP contribution in [-0.4, -0.2) is 17.2 Å². The van der Waals surface area contributed by atoms with Gasteiger partial charge in [0.05, 0.1) is 6.21 Å². The number of thioether (sulfide) groups is 1. The molecule has 0 fully saturated rings. The molecule has 1 aromatic carbocycles. The zero-order valence-electron chi connectivity index (χ0n) is 8.31. The fourth-order valence-corrected chi connectivity index (χ4v) is 2.22. The van der Waals surface area contributed by atoms with E-state index in [1.54, 1.807) is 0 Å².